The molecule has 0 fully saturated rings. The van der Waals surface area contributed by atoms with E-state index in [2.05, 4.69) is 0 Å². The Balaban J connectivity index is 2.56. The molecule has 2 aromatic rings. The third-order valence-corrected chi connectivity index (χ3v) is 2.92. The largest absolute Gasteiger partial charge is 0.508 e. The van der Waals surface area contributed by atoms with E-state index in [1.807, 2.05) is 31.2 Å². The fourth-order valence-corrected chi connectivity index (χ4v) is 2.09. The molecule has 1 N–H and O–H groups in total. The molecule has 2 aromatic carbocycles. The van der Waals surface area contributed by atoms with Crippen LogP contribution in [0.4, 0.5) is 0 Å². The summed E-state index contributed by atoms with van der Waals surface area (Å²) >= 11 is 0. The van der Waals surface area contributed by atoms with E-state index in [4.69, 9.17) is 4.52 Å². The Morgan fingerprint density at radius 1 is 1.12 bits per heavy atom. The van der Waals surface area contributed by atoms with Gasteiger partial charge in [-0.2, -0.15) is 0 Å². The van der Waals surface area contributed by atoms with Crippen molar-refractivity contribution in [3.8, 4) is 22.6 Å². The van der Waals surface area contributed by atoms with E-state index in [9.17, 15) is 9.67 Å². The molecule has 1 atom stereocenters. The first-order chi connectivity index (χ1) is 8.22. The minimum absolute atomic E-state index is 0.222. The van der Waals surface area contributed by atoms with Crippen molar-refractivity contribution in [1.82, 2.24) is 0 Å². The van der Waals surface area contributed by atoms with Crippen molar-refractivity contribution < 1.29 is 14.2 Å². The van der Waals surface area contributed by atoms with E-state index in [0.717, 1.165) is 16.7 Å². The number of hydrogen-bond acceptors (Lipinski definition) is 3. The third-order valence-electron chi connectivity index (χ3n) is 2.57. The van der Waals surface area contributed by atoms with Gasteiger partial charge in [-0.3, -0.25) is 4.57 Å². The van der Waals surface area contributed by atoms with E-state index < -0.39 is 8.69 Å². The molecule has 0 amide bonds. The van der Waals surface area contributed by atoms with Crippen molar-refractivity contribution in [1.29, 1.82) is 0 Å². The van der Waals surface area contributed by atoms with Crippen LogP contribution in [0.1, 0.15) is 5.56 Å². The monoisotopic (exact) mass is 248 g/mol. The quantitative estimate of drug-likeness (QED) is 0.846. The van der Waals surface area contributed by atoms with Crippen molar-refractivity contribution in [2.45, 2.75) is 6.92 Å². The molecule has 0 saturated carbocycles. The van der Waals surface area contributed by atoms with E-state index in [1.165, 1.54) is 0 Å². The van der Waals surface area contributed by atoms with Crippen LogP contribution in [0.3, 0.4) is 0 Å². The number of aromatic hydroxyl groups is 1. The van der Waals surface area contributed by atoms with Crippen molar-refractivity contribution in [3.63, 3.8) is 0 Å². The molecule has 0 saturated heterocycles. The zero-order chi connectivity index (χ0) is 12.3. The molecule has 2 rings (SSSR count). The van der Waals surface area contributed by atoms with Gasteiger partial charge in [-0.15, -0.1) is 0 Å². The second kappa shape index (κ2) is 5.07. The molecule has 4 heteroatoms. The zero-order valence-corrected chi connectivity index (χ0v) is 10.5. The molecule has 88 valence electrons. The lowest BCUT2D eigenvalue weighted by atomic mass is 9.99. The highest BCUT2D eigenvalue weighted by Gasteiger charge is 2.08. The highest BCUT2D eigenvalue weighted by molar-refractivity contribution is 7.17. The number of hydrogen-bond donors (Lipinski definition) is 1. The van der Waals surface area contributed by atoms with Gasteiger partial charge < -0.3 is 9.63 Å². The van der Waals surface area contributed by atoms with E-state index >= 15 is 0 Å². The molecular weight excluding hydrogens is 235 g/mol. The maximum Gasteiger partial charge on any atom is 0.225 e. The first kappa shape index (κ1) is 11.7. The van der Waals surface area contributed by atoms with Gasteiger partial charge in [0.15, 0.2) is 0 Å². The first-order valence-corrected chi connectivity index (χ1v) is 6.16. The van der Waals surface area contributed by atoms with Gasteiger partial charge in [-0.25, -0.2) is 0 Å². The molecule has 17 heavy (non-hydrogen) atoms. The lowest BCUT2D eigenvalue weighted by Gasteiger charge is -2.11. The van der Waals surface area contributed by atoms with Crippen molar-refractivity contribution in [2.75, 3.05) is 0 Å². The highest BCUT2D eigenvalue weighted by atomic mass is 31.1. The summed E-state index contributed by atoms with van der Waals surface area (Å²) in [6, 6.07) is 12.5. The smallest absolute Gasteiger partial charge is 0.225 e. The summed E-state index contributed by atoms with van der Waals surface area (Å²) in [4.78, 5) is 0. The first-order valence-electron chi connectivity index (χ1n) is 5.21. The van der Waals surface area contributed by atoms with Gasteiger partial charge in [0, 0.05) is 5.56 Å². The summed E-state index contributed by atoms with van der Waals surface area (Å²) in [7, 11) is -1.28. The summed E-state index contributed by atoms with van der Waals surface area (Å²) in [5.74, 6) is 0.833. The maximum absolute atomic E-state index is 10.7. The molecule has 0 radical (unpaired) electrons. The predicted molar refractivity (Wildman–Crippen MR) is 69.3 cm³/mol. The normalized spacial score (nSPS) is 10.9. The second-order valence-electron chi connectivity index (χ2n) is 3.71. The lowest BCUT2D eigenvalue weighted by Crippen LogP contribution is -1.87. The summed E-state index contributed by atoms with van der Waals surface area (Å²) in [5, 5.41) is 9.27. The Labute approximate surface area is 101 Å². The topological polar surface area (TPSA) is 46.5 Å². The molecule has 1 unspecified atom stereocenters. The Hall–Kier alpha value is -1.73. The van der Waals surface area contributed by atoms with Gasteiger partial charge in [0.1, 0.15) is 11.5 Å². The van der Waals surface area contributed by atoms with Gasteiger partial charge in [0.05, 0.1) is 0 Å². The lowest BCUT2D eigenvalue weighted by molar-refractivity contribution is 0.475. The molecule has 0 aliphatic carbocycles. The van der Waals surface area contributed by atoms with E-state index in [0.29, 0.717) is 5.75 Å². The Morgan fingerprint density at radius 2 is 1.82 bits per heavy atom. The average Bonchev–Trinajstić information content (AvgIpc) is 2.32. The van der Waals surface area contributed by atoms with Crippen molar-refractivity contribution >= 4 is 8.69 Å². The average molecular weight is 248 g/mol. The van der Waals surface area contributed by atoms with Crippen molar-refractivity contribution in [2.24, 2.45) is 0 Å². The van der Waals surface area contributed by atoms with E-state index in [-0.39, 0.29) is 5.75 Å². The van der Waals surface area contributed by atoms with Crippen molar-refractivity contribution in [3.05, 3.63) is 48.0 Å². The number of phenolic OH excluding ortho intramolecular Hbond substituents is 1. The summed E-state index contributed by atoms with van der Waals surface area (Å²) in [6.45, 7) is 1.97. The standard InChI is InChI=1S/C13H13O3P/c1-9-3-2-4-12(16-17-15)13(9)10-5-7-11(14)8-6-10/h2-8,14H,17H2,1H3. The summed E-state index contributed by atoms with van der Waals surface area (Å²) in [5.41, 5.74) is 2.89. The third kappa shape index (κ3) is 2.51. The molecule has 0 bridgehead atoms. The van der Waals surface area contributed by atoms with Crippen LogP contribution < -0.4 is 4.52 Å². The number of benzene rings is 2. The molecule has 0 heterocycles. The molecule has 3 nitrogen and oxygen atoms in total. The molecular formula is C13H13O3P. The zero-order valence-electron chi connectivity index (χ0n) is 9.38. The van der Waals surface area contributed by atoms with Gasteiger partial charge in [0.2, 0.25) is 8.69 Å². The minimum Gasteiger partial charge on any atom is -0.508 e. The van der Waals surface area contributed by atoms with Crippen LogP contribution >= 0.6 is 8.69 Å². The SMILES string of the molecule is Cc1cccc(O[PH2]=O)c1-c1ccc(O)cc1. The Morgan fingerprint density at radius 3 is 2.47 bits per heavy atom. The maximum atomic E-state index is 10.7. The van der Waals surface area contributed by atoms with E-state index in [1.54, 1.807) is 18.2 Å². The minimum atomic E-state index is -1.28. The molecule has 0 aliphatic heterocycles. The summed E-state index contributed by atoms with van der Waals surface area (Å²) in [6.07, 6.45) is 0. The number of phenols is 1. The highest BCUT2D eigenvalue weighted by Crippen LogP contribution is 2.35. The molecule has 0 aromatic heterocycles. The molecule has 0 spiro atoms. The van der Waals surface area contributed by atoms with Gasteiger partial charge in [-0.1, -0.05) is 24.3 Å². The van der Waals surface area contributed by atoms with Crippen LogP contribution in [0.15, 0.2) is 42.5 Å². The van der Waals surface area contributed by atoms with Crippen LogP contribution in [-0.4, -0.2) is 5.11 Å². The fraction of sp³-hybridized carbons (Fsp3) is 0.0769. The van der Waals surface area contributed by atoms with Gasteiger partial charge >= 0.3 is 0 Å². The predicted octanol–water partition coefficient (Wildman–Crippen LogP) is 3.42. The van der Waals surface area contributed by atoms with Crippen LogP contribution in [0.5, 0.6) is 11.5 Å². The second-order valence-corrected chi connectivity index (χ2v) is 4.14. The van der Waals surface area contributed by atoms with Gasteiger partial charge in [0.25, 0.3) is 0 Å². The van der Waals surface area contributed by atoms with Crippen LogP contribution in [0.2, 0.25) is 0 Å². The number of rotatable bonds is 3. The van der Waals surface area contributed by atoms with Crippen LogP contribution in [0.25, 0.3) is 11.1 Å². The number of aryl methyl sites for hydroxylation is 1. The molecule has 0 aliphatic rings. The summed E-state index contributed by atoms with van der Waals surface area (Å²) < 4.78 is 15.8. The van der Waals surface area contributed by atoms with Gasteiger partial charge in [-0.05, 0) is 36.2 Å². The Kier molecular flexibility index (Phi) is 3.50. The fourth-order valence-electron chi connectivity index (χ4n) is 1.79. The van der Waals surface area contributed by atoms with Crippen LogP contribution in [0, 0.1) is 6.92 Å². The Bertz CT molecular complexity index is 535. The van der Waals surface area contributed by atoms with Crippen LogP contribution in [-0.2, 0) is 4.57 Å².